The van der Waals surface area contributed by atoms with Crippen LogP contribution < -0.4 is 5.32 Å². The molecule has 1 fully saturated rings. The van der Waals surface area contributed by atoms with E-state index in [0.29, 0.717) is 5.38 Å². The quantitative estimate of drug-likeness (QED) is 0.657. The summed E-state index contributed by atoms with van der Waals surface area (Å²) in [5.74, 6) is 0.958. The lowest BCUT2D eigenvalue weighted by molar-refractivity contribution is 0.231. The van der Waals surface area contributed by atoms with Crippen LogP contribution >= 0.6 is 11.6 Å². The summed E-state index contributed by atoms with van der Waals surface area (Å²) in [6.45, 7) is 4.37. The Kier molecular flexibility index (Phi) is 4.43. The summed E-state index contributed by atoms with van der Waals surface area (Å²) in [5, 5.41) is 12.3. The largest absolute Gasteiger partial charge is 0.368 e. The van der Waals surface area contributed by atoms with Crippen LogP contribution in [0, 0.1) is 0 Å². The summed E-state index contributed by atoms with van der Waals surface area (Å²) in [4.78, 5) is 2.50. The summed E-state index contributed by atoms with van der Waals surface area (Å²) < 4.78 is 0. The molecule has 1 aliphatic rings. The molecule has 0 spiro atoms. The zero-order valence-corrected chi connectivity index (χ0v) is 12.4. The van der Waals surface area contributed by atoms with E-state index in [1.54, 1.807) is 0 Å². The summed E-state index contributed by atoms with van der Waals surface area (Å²) in [6, 6.07) is 8.19. The van der Waals surface area contributed by atoms with Gasteiger partial charge in [-0.3, -0.25) is 5.10 Å². The number of H-pyrrole nitrogens is 1. The van der Waals surface area contributed by atoms with E-state index in [1.807, 2.05) is 18.2 Å². The molecule has 0 radical (unpaired) electrons. The summed E-state index contributed by atoms with van der Waals surface area (Å²) in [7, 11) is 0. The number of rotatable bonds is 5. The predicted molar refractivity (Wildman–Crippen MR) is 84.5 cm³/mol. The van der Waals surface area contributed by atoms with E-state index in [1.165, 1.54) is 0 Å². The molecule has 0 bridgehead atoms. The van der Waals surface area contributed by atoms with Crippen molar-refractivity contribution in [3.8, 4) is 0 Å². The van der Waals surface area contributed by atoms with Gasteiger partial charge in [-0.25, -0.2) is 0 Å². The Morgan fingerprint density at radius 3 is 2.95 bits per heavy atom. The highest BCUT2D eigenvalue weighted by atomic mass is 35.5. The number of aromatic amines is 1. The standard InChI is InChI=1S/C15H21ClN4/c16-12-6-10-20(11-7-12)9-3-8-17-15-13-4-1-2-5-14(13)18-19-15/h1-2,4-5,12H,3,6-11H2,(H2,17,18,19). The Balaban J connectivity index is 1.44. The minimum Gasteiger partial charge on any atom is -0.368 e. The topological polar surface area (TPSA) is 44.0 Å². The molecule has 1 aromatic carbocycles. The maximum absolute atomic E-state index is 6.12. The van der Waals surface area contributed by atoms with Crippen molar-refractivity contribution < 1.29 is 0 Å². The lowest BCUT2D eigenvalue weighted by Crippen LogP contribution is -2.35. The molecule has 0 unspecified atom stereocenters. The molecule has 20 heavy (non-hydrogen) atoms. The number of nitrogens with zero attached hydrogens (tertiary/aromatic N) is 2. The molecule has 108 valence electrons. The van der Waals surface area contributed by atoms with Crippen LogP contribution in [0.15, 0.2) is 24.3 Å². The summed E-state index contributed by atoms with van der Waals surface area (Å²) in [6.07, 6.45) is 3.38. The van der Waals surface area contributed by atoms with Crippen LogP contribution in [-0.2, 0) is 0 Å². The first kappa shape index (κ1) is 13.7. The van der Waals surface area contributed by atoms with Gasteiger partial charge in [-0.2, -0.15) is 5.10 Å². The van der Waals surface area contributed by atoms with Gasteiger partial charge in [0, 0.05) is 17.3 Å². The zero-order chi connectivity index (χ0) is 13.8. The lowest BCUT2D eigenvalue weighted by Gasteiger charge is -2.29. The van der Waals surface area contributed by atoms with Gasteiger partial charge >= 0.3 is 0 Å². The van der Waals surface area contributed by atoms with Crippen LogP contribution in [0.1, 0.15) is 19.3 Å². The van der Waals surface area contributed by atoms with Gasteiger partial charge in [0.1, 0.15) is 0 Å². The number of aromatic nitrogens is 2. The van der Waals surface area contributed by atoms with E-state index in [2.05, 4.69) is 26.5 Å². The van der Waals surface area contributed by atoms with Crippen molar-refractivity contribution in [1.29, 1.82) is 0 Å². The molecular formula is C15H21ClN4. The number of hydrogen-bond donors (Lipinski definition) is 2. The van der Waals surface area contributed by atoms with E-state index in [9.17, 15) is 0 Å². The molecule has 2 heterocycles. The van der Waals surface area contributed by atoms with Crippen molar-refractivity contribution in [1.82, 2.24) is 15.1 Å². The van der Waals surface area contributed by atoms with Gasteiger partial charge in [-0.15, -0.1) is 11.6 Å². The van der Waals surface area contributed by atoms with Crippen molar-refractivity contribution in [2.45, 2.75) is 24.6 Å². The maximum Gasteiger partial charge on any atom is 0.155 e. The fraction of sp³-hybridized carbons (Fsp3) is 0.533. The number of anilines is 1. The number of hydrogen-bond acceptors (Lipinski definition) is 3. The number of alkyl halides is 1. The van der Waals surface area contributed by atoms with Crippen LogP contribution in [0.2, 0.25) is 0 Å². The normalized spacial score (nSPS) is 17.6. The molecule has 3 rings (SSSR count). The highest BCUT2D eigenvalue weighted by molar-refractivity contribution is 6.20. The SMILES string of the molecule is ClC1CCN(CCCNc2n[nH]c3ccccc23)CC1. The van der Waals surface area contributed by atoms with Crippen molar-refractivity contribution >= 4 is 28.3 Å². The minimum absolute atomic E-state index is 0.389. The minimum atomic E-state index is 0.389. The predicted octanol–water partition coefficient (Wildman–Crippen LogP) is 3.07. The number of benzene rings is 1. The van der Waals surface area contributed by atoms with E-state index >= 15 is 0 Å². The second-order valence-electron chi connectivity index (χ2n) is 5.41. The molecule has 0 atom stereocenters. The average molecular weight is 293 g/mol. The molecule has 1 saturated heterocycles. The third kappa shape index (κ3) is 3.25. The fourth-order valence-electron chi connectivity index (χ4n) is 2.73. The smallest absolute Gasteiger partial charge is 0.155 e. The molecule has 0 saturated carbocycles. The van der Waals surface area contributed by atoms with E-state index < -0.39 is 0 Å². The van der Waals surface area contributed by atoms with Crippen LogP contribution in [0.3, 0.4) is 0 Å². The second-order valence-corrected chi connectivity index (χ2v) is 6.03. The first-order valence-corrected chi connectivity index (χ1v) is 7.80. The van der Waals surface area contributed by atoms with Crippen molar-refractivity contribution in [3.63, 3.8) is 0 Å². The number of likely N-dealkylation sites (tertiary alicyclic amines) is 1. The third-order valence-electron chi connectivity index (χ3n) is 3.93. The molecule has 1 aliphatic heterocycles. The van der Waals surface area contributed by atoms with Crippen molar-refractivity contribution in [3.05, 3.63) is 24.3 Å². The van der Waals surface area contributed by atoms with Crippen molar-refractivity contribution in [2.75, 3.05) is 31.5 Å². The molecule has 2 aromatic rings. The summed E-state index contributed by atoms with van der Waals surface area (Å²) in [5.41, 5.74) is 1.08. The van der Waals surface area contributed by atoms with Crippen LogP contribution in [0.25, 0.3) is 10.9 Å². The number of piperidine rings is 1. The highest BCUT2D eigenvalue weighted by Crippen LogP contribution is 2.19. The molecule has 2 N–H and O–H groups in total. The van der Waals surface area contributed by atoms with E-state index in [4.69, 9.17) is 11.6 Å². The Morgan fingerprint density at radius 2 is 2.10 bits per heavy atom. The number of para-hydroxylation sites is 1. The second kappa shape index (κ2) is 6.46. The third-order valence-corrected chi connectivity index (χ3v) is 4.37. The van der Waals surface area contributed by atoms with Gasteiger partial charge in [0.25, 0.3) is 0 Å². The van der Waals surface area contributed by atoms with Crippen LogP contribution in [0.4, 0.5) is 5.82 Å². The van der Waals surface area contributed by atoms with Crippen LogP contribution in [0.5, 0.6) is 0 Å². The number of fused-ring (bicyclic) bond motifs is 1. The van der Waals surface area contributed by atoms with Gasteiger partial charge in [-0.1, -0.05) is 12.1 Å². The average Bonchev–Trinajstić information content (AvgIpc) is 2.89. The molecule has 0 amide bonds. The molecule has 4 nitrogen and oxygen atoms in total. The Labute approximate surface area is 124 Å². The first-order chi connectivity index (χ1) is 9.83. The van der Waals surface area contributed by atoms with Gasteiger partial charge < -0.3 is 10.2 Å². The zero-order valence-electron chi connectivity index (χ0n) is 11.6. The number of halogens is 1. The van der Waals surface area contributed by atoms with Gasteiger partial charge in [0.05, 0.1) is 5.52 Å². The number of nitrogens with one attached hydrogen (secondary N) is 2. The van der Waals surface area contributed by atoms with Crippen LogP contribution in [-0.4, -0.2) is 46.7 Å². The molecule has 0 aliphatic carbocycles. The maximum atomic E-state index is 6.12. The van der Waals surface area contributed by atoms with Gasteiger partial charge in [0.15, 0.2) is 5.82 Å². The monoisotopic (exact) mass is 292 g/mol. The Morgan fingerprint density at radius 1 is 1.30 bits per heavy atom. The highest BCUT2D eigenvalue weighted by Gasteiger charge is 2.16. The Bertz CT molecular complexity index is 546. The van der Waals surface area contributed by atoms with E-state index in [-0.39, 0.29) is 0 Å². The van der Waals surface area contributed by atoms with Gasteiger partial charge in [-0.05, 0) is 51.0 Å². The van der Waals surface area contributed by atoms with Gasteiger partial charge in [0.2, 0.25) is 0 Å². The van der Waals surface area contributed by atoms with E-state index in [0.717, 1.165) is 62.2 Å². The lowest BCUT2D eigenvalue weighted by atomic mass is 10.1. The summed E-state index contributed by atoms with van der Waals surface area (Å²) >= 11 is 6.12. The molecule has 1 aromatic heterocycles. The molecular weight excluding hydrogens is 272 g/mol. The first-order valence-electron chi connectivity index (χ1n) is 7.36. The molecule has 5 heteroatoms. The fourth-order valence-corrected chi connectivity index (χ4v) is 2.93. The Hall–Kier alpha value is -1.26. The van der Waals surface area contributed by atoms with Crippen molar-refractivity contribution in [2.24, 2.45) is 0 Å².